The van der Waals surface area contributed by atoms with Crippen LogP contribution in [0.4, 0.5) is 0 Å². The molecule has 0 saturated carbocycles. The SMILES string of the molecule is C1=CN=C(c2cocn2)[N]1. The summed E-state index contributed by atoms with van der Waals surface area (Å²) in [5.41, 5.74) is 0.671. The molecule has 0 unspecified atom stereocenters. The maximum atomic E-state index is 4.75. The Kier molecular flexibility index (Phi) is 1.04. The summed E-state index contributed by atoms with van der Waals surface area (Å²) in [5, 5.41) is 3.93. The predicted molar refractivity (Wildman–Crippen MR) is 34.3 cm³/mol. The van der Waals surface area contributed by atoms with E-state index in [4.69, 9.17) is 4.42 Å². The summed E-state index contributed by atoms with van der Waals surface area (Å²) >= 11 is 0. The van der Waals surface area contributed by atoms with E-state index in [1.165, 1.54) is 12.7 Å². The van der Waals surface area contributed by atoms with Crippen molar-refractivity contribution in [2.24, 2.45) is 4.99 Å². The smallest absolute Gasteiger partial charge is 0.181 e. The van der Waals surface area contributed by atoms with Gasteiger partial charge in [-0.15, -0.1) is 0 Å². The zero-order valence-corrected chi connectivity index (χ0v) is 5.06. The maximum Gasteiger partial charge on any atom is 0.181 e. The standard InChI is InChI=1S/C6H4N3O/c1-2-8-6(7-1)5-3-10-4-9-5/h1-4H. The monoisotopic (exact) mass is 134 g/mol. The van der Waals surface area contributed by atoms with Crippen LogP contribution < -0.4 is 5.32 Å². The lowest BCUT2D eigenvalue weighted by Crippen LogP contribution is -2.07. The molecule has 0 N–H and O–H groups in total. The van der Waals surface area contributed by atoms with Gasteiger partial charge in [-0.1, -0.05) is 0 Å². The minimum absolute atomic E-state index is 0.605. The average Bonchev–Trinajstić information content (AvgIpc) is 2.59. The third-order valence-corrected chi connectivity index (χ3v) is 1.12. The molecule has 1 aromatic heterocycles. The molecular formula is C6H4N3O. The summed E-state index contributed by atoms with van der Waals surface area (Å²) in [6.45, 7) is 0. The molecule has 49 valence electrons. The Morgan fingerprint density at radius 3 is 2.90 bits per heavy atom. The first-order valence-corrected chi connectivity index (χ1v) is 2.79. The number of rotatable bonds is 1. The fourth-order valence-electron chi connectivity index (χ4n) is 0.696. The molecule has 4 heteroatoms. The number of hydrogen-bond donors (Lipinski definition) is 0. The highest BCUT2D eigenvalue weighted by Crippen LogP contribution is 2.00. The van der Waals surface area contributed by atoms with Crippen LogP contribution in [0, 0.1) is 0 Å². The van der Waals surface area contributed by atoms with E-state index in [-0.39, 0.29) is 0 Å². The van der Waals surface area contributed by atoms with E-state index in [2.05, 4.69) is 15.3 Å². The second kappa shape index (κ2) is 1.98. The number of aromatic nitrogens is 1. The molecule has 0 atom stereocenters. The van der Waals surface area contributed by atoms with Crippen molar-refractivity contribution in [1.29, 1.82) is 0 Å². The quantitative estimate of drug-likeness (QED) is 0.561. The van der Waals surface area contributed by atoms with Gasteiger partial charge in [0.25, 0.3) is 0 Å². The molecule has 4 nitrogen and oxygen atoms in total. The lowest BCUT2D eigenvalue weighted by molar-refractivity contribution is 0.557. The van der Waals surface area contributed by atoms with Gasteiger partial charge in [-0.05, 0) is 0 Å². The fourth-order valence-corrected chi connectivity index (χ4v) is 0.696. The molecule has 0 aliphatic carbocycles. The van der Waals surface area contributed by atoms with Crippen molar-refractivity contribution >= 4 is 5.84 Å². The van der Waals surface area contributed by atoms with E-state index in [1.54, 1.807) is 12.4 Å². The lowest BCUT2D eigenvalue weighted by atomic mass is 10.4. The topological polar surface area (TPSA) is 52.5 Å². The molecule has 0 spiro atoms. The van der Waals surface area contributed by atoms with Gasteiger partial charge in [-0.2, -0.15) is 0 Å². The summed E-state index contributed by atoms with van der Waals surface area (Å²) in [7, 11) is 0. The average molecular weight is 134 g/mol. The Morgan fingerprint density at radius 1 is 1.30 bits per heavy atom. The number of amidine groups is 1. The number of oxazole rings is 1. The number of nitrogens with zero attached hydrogens (tertiary/aromatic N) is 3. The van der Waals surface area contributed by atoms with Gasteiger partial charge < -0.3 is 4.42 Å². The van der Waals surface area contributed by atoms with Crippen LogP contribution in [-0.2, 0) is 0 Å². The highest BCUT2D eigenvalue weighted by atomic mass is 16.3. The molecule has 0 saturated heterocycles. The van der Waals surface area contributed by atoms with Crippen molar-refractivity contribution in [3.63, 3.8) is 0 Å². The molecule has 1 aromatic rings. The molecule has 1 aliphatic rings. The van der Waals surface area contributed by atoms with Crippen molar-refractivity contribution in [3.05, 3.63) is 30.8 Å². The molecule has 1 radical (unpaired) electrons. The Labute approximate surface area is 57.3 Å². The van der Waals surface area contributed by atoms with Crippen LogP contribution in [0.15, 0.2) is 34.5 Å². The van der Waals surface area contributed by atoms with Crippen molar-refractivity contribution in [2.45, 2.75) is 0 Å². The van der Waals surface area contributed by atoms with Crippen LogP contribution in [0.25, 0.3) is 0 Å². The van der Waals surface area contributed by atoms with Gasteiger partial charge in [0, 0.05) is 12.4 Å². The van der Waals surface area contributed by atoms with Gasteiger partial charge >= 0.3 is 0 Å². The predicted octanol–water partition coefficient (Wildman–Crippen LogP) is 0.510. The summed E-state index contributed by atoms with van der Waals surface area (Å²) in [4.78, 5) is 7.79. The minimum atomic E-state index is 0.605. The Morgan fingerprint density at radius 2 is 2.30 bits per heavy atom. The Bertz CT molecular complexity index is 273. The zero-order valence-electron chi connectivity index (χ0n) is 5.06. The van der Waals surface area contributed by atoms with Crippen LogP contribution in [0.5, 0.6) is 0 Å². The fraction of sp³-hybridized carbons (Fsp3) is 0. The van der Waals surface area contributed by atoms with Gasteiger partial charge in [-0.3, -0.25) is 0 Å². The summed E-state index contributed by atoms with van der Waals surface area (Å²) < 4.78 is 4.75. The van der Waals surface area contributed by atoms with E-state index in [0.717, 1.165) is 0 Å². The van der Waals surface area contributed by atoms with Gasteiger partial charge in [0.1, 0.15) is 12.0 Å². The number of hydrogen-bond acceptors (Lipinski definition) is 3. The molecule has 1 aliphatic heterocycles. The first-order chi connectivity index (χ1) is 4.97. The largest absolute Gasteiger partial charge is 0.451 e. The molecule has 10 heavy (non-hydrogen) atoms. The molecule has 0 aromatic carbocycles. The van der Waals surface area contributed by atoms with Crippen LogP contribution in [-0.4, -0.2) is 10.8 Å². The molecular weight excluding hydrogens is 130 g/mol. The number of aliphatic imine (C=N–C) groups is 1. The van der Waals surface area contributed by atoms with E-state index < -0.39 is 0 Å². The zero-order chi connectivity index (χ0) is 6.81. The van der Waals surface area contributed by atoms with E-state index in [1.807, 2.05) is 0 Å². The van der Waals surface area contributed by atoms with E-state index >= 15 is 0 Å². The van der Waals surface area contributed by atoms with Gasteiger partial charge in [0.15, 0.2) is 12.2 Å². The van der Waals surface area contributed by atoms with Gasteiger partial charge in [0.05, 0.1) is 0 Å². The minimum Gasteiger partial charge on any atom is -0.451 e. The molecule has 0 fully saturated rings. The third-order valence-electron chi connectivity index (χ3n) is 1.12. The second-order valence-corrected chi connectivity index (χ2v) is 1.75. The van der Waals surface area contributed by atoms with Crippen LogP contribution in [0.1, 0.15) is 5.69 Å². The van der Waals surface area contributed by atoms with Crippen LogP contribution >= 0.6 is 0 Å². The summed E-state index contributed by atoms with van der Waals surface area (Å²) in [6, 6.07) is 0. The third kappa shape index (κ3) is 0.699. The first kappa shape index (κ1) is 5.22. The van der Waals surface area contributed by atoms with Gasteiger partial charge in [-0.25, -0.2) is 15.3 Å². The Balaban J connectivity index is 2.30. The second-order valence-electron chi connectivity index (χ2n) is 1.75. The van der Waals surface area contributed by atoms with Crippen LogP contribution in [0.2, 0.25) is 0 Å². The molecule has 2 heterocycles. The first-order valence-electron chi connectivity index (χ1n) is 2.79. The summed E-state index contributed by atoms with van der Waals surface area (Å²) in [6.07, 6.45) is 6.09. The van der Waals surface area contributed by atoms with Crippen molar-refractivity contribution in [3.8, 4) is 0 Å². The van der Waals surface area contributed by atoms with Crippen molar-refractivity contribution in [1.82, 2.24) is 10.3 Å². The summed E-state index contributed by atoms with van der Waals surface area (Å²) in [5.74, 6) is 0.605. The highest BCUT2D eigenvalue weighted by molar-refractivity contribution is 5.98. The molecule has 0 bridgehead atoms. The normalized spacial score (nSPS) is 15.0. The Hall–Kier alpha value is -1.58. The maximum absolute atomic E-state index is 4.75. The van der Waals surface area contributed by atoms with E-state index in [9.17, 15) is 0 Å². The van der Waals surface area contributed by atoms with E-state index in [0.29, 0.717) is 11.5 Å². The molecule has 0 amide bonds. The van der Waals surface area contributed by atoms with Crippen molar-refractivity contribution in [2.75, 3.05) is 0 Å². The molecule has 2 rings (SSSR count). The lowest BCUT2D eigenvalue weighted by Gasteiger charge is -1.88. The van der Waals surface area contributed by atoms with Crippen molar-refractivity contribution < 1.29 is 4.42 Å². The van der Waals surface area contributed by atoms with Crippen LogP contribution in [0.3, 0.4) is 0 Å². The van der Waals surface area contributed by atoms with Gasteiger partial charge in [0.2, 0.25) is 0 Å². The highest BCUT2D eigenvalue weighted by Gasteiger charge is 2.07.